The second kappa shape index (κ2) is 6.72. The molecule has 1 saturated heterocycles. The quantitative estimate of drug-likeness (QED) is 0.890. The maximum atomic E-state index is 12.8. The number of fused-ring (bicyclic) bond motifs is 1. The van der Waals surface area contributed by atoms with Crippen LogP contribution in [0.2, 0.25) is 0 Å². The second-order valence-electron chi connectivity index (χ2n) is 6.54. The lowest BCUT2D eigenvalue weighted by atomic mass is 9.93. The number of sulfonamides is 1. The number of piperidine rings is 1. The number of phenols is 1. The molecule has 1 N–H and O–H groups in total. The number of carbonyl (C=O) groups is 1. The molecule has 132 valence electrons. The van der Waals surface area contributed by atoms with E-state index in [1.54, 1.807) is 19.1 Å². The summed E-state index contributed by atoms with van der Waals surface area (Å²) >= 11 is 0. The summed E-state index contributed by atoms with van der Waals surface area (Å²) in [5.41, 5.74) is 2.18. The van der Waals surface area contributed by atoms with E-state index in [0.717, 1.165) is 12.0 Å². The zero-order chi connectivity index (χ0) is 17.3. The lowest BCUT2D eigenvalue weighted by molar-refractivity contribution is -0.137. The van der Waals surface area contributed by atoms with Gasteiger partial charge in [-0.15, -0.1) is 0 Å². The van der Waals surface area contributed by atoms with Crippen LogP contribution in [-0.4, -0.2) is 54.0 Å². The first-order chi connectivity index (χ1) is 11.4. The van der Waals surface area contributed by atoms with Crippen LogP contribution in [0.15, 0.2) is 18.2 Å². The van der Waals surface area contributed by atoms with E-state index in [9.17, 15) is 18.3 Å². The van der Waals surface area contributed by atoms with Gasteiger partial charge in [-0.2, -0.15) is 0 Å². The normalized spacial score (nSPS) is 20.0. The molecule has 0 spiro atoms. The number of amides is 1. The van der Waals surface area contributed by atoms with E-state index in [-0.39, 0.29) is 23.3 Å². The Morgan fingerprint density at radius 2 is 1.92 bits per heavy atom. The summed E-state index contributed by atoms with van der Waals surface area (Å²) in [5.74, 6) is 0.337. The van der Waals surface area contributed by atoms with E-state index < -0.39 is 10.0 Å². The van der Waals surface area contributed by atoms with Crippen LogP contribution in [0.5, 0.6) is 5.75 Å². The van der Waals surface area contributed by atoms with Crippen molar-refractivity contribution in [2.45, 2.75) is 32.7 Å². The molecule has 6 nitrogen and oxygen atoms in total. The molecule has 0 bridgehead atoms. The van der Waals surface area contributed by atoms with E-state index in [4.69, 9.17) is 0 Å². The van der Waals surface area contributed by atoms with Crippen LogP contribution in [0.3, 0.4) is 0 Å². The van der Waals surface area contributed by atoms with Crippen molar-refractivity contribution in [2.24, 2.45) is 5.92 Å². The number of hydrogen-bond donors (Lipinski definition) is 1. The molecule has 0 aliphatic carbocycles. The van der Waals surface area contributed by atoms with Gasteiger partial charge in [0.25, 0.3) is 0 Å². The minimum Gasteiger partial charge on any atom is -0.508 e. The van der Waals surface area contributed by atoms with E-state index in [1.807, 2.05) is 11.0 Å². The van der Waals surface area contributed by atoms with Gasteiger partial charge in [0.2, 0.25) is 15.9 Å². The summed E-state index contributed by atoms with van der Waals surface area (Å²) in [6.07, 6.45) is 1.97. The number of rotatable bonds is 3. The Balaban J connectivity index is 1.62. The Morgan fingerprint density at radius 3 is 2.58 bits per heavy atom. The van der Waals surface area contributed by atoms with Crippen molar-refractivity contribution in [3.63, 3.8) is 0 Å². The molecule has 1 fully saturated rings. The average molecular weight is 352 g/mol. The first kappa shape index (κ1) is 17.2. The molecular formula is C17H24N2O4S. The number of carbonyl (C=O) groups excluding carboxylic acids is 1. The van der Waals surface area contributed by atoms with Crippen LogP contribution in [0, 0.1) is 5.92 Å². The van der Waals surface area contributed by atoms with Crippen LogP contribution in [0.4, 0.5) is 0 Å². The Kier molecular flexibility index (Phi) is 4.83. The fraction of sp³-hybridized carbons (Fsp3) is 0.588. The van der Waals surface area contributed by atoms with Crippen LogP contribution in [0.1, 0.15) is 30.9 Å². The highest BCUT2D eigenvalue weighted by Gasteiger charge is 2.33. The average Bonchev–Trinajstić information content (AvgIpc) is 2.60. The van der Waals surface area contributed by atoms with Crippen LogP contribution in [-0.2, 0) is 27.8 Å². The van der Waals surface area contributed by atoms with Gasteiger partial charge in [-0.1, -0.05) is 6.07 Å². The summed E-state index contributed by atoms with van der Waals surface area (Å²) in [6.45, 7) is 3.71. The number of nitrogens with zero attached hydrogens (tertiary/aromatic N) is 2. The summed E-state index contributed by atoms with van der Waals surface area (Å²) in [7, 11) is -3.16. The van der Waals surface area contributed by atoms with E-state index >= 15 is 0 Å². The fourth-order valence-corrected chi connectivity index (χ4v) is 4.69. The van der Waals surface area contributed by atoms with E-state index in [0.29, 0.717) is 39.0 Å². The lowest BCUT2D eigenvalue weighted by Gasteiger charge is -2.35. The van der Waals surface area contributed by atoms with Crippen LogP contribution < -0.4 is 0 Å². The maximum absolute atomic E-state index is 12.8. The van der Waals surface area contributed by atoms with Crippen LogP contribution >= 0.6 is 0 Å². The largest absolute Gasteiger partial charge is 0.508 e. The highest BCUT2D eigenvalue weighted by molar-refractivity contribution is 7.89. The highest BCUT2D eigenvalue weighted by atomic mass is 32.2. The zero-order valence-corrected chi connectivity index (χ0v) is 14.8. The summed E-state index contributed by atoms with van der Waals surface area (Å²) in [6, 6.07) is 5.33. The van der Waals surface area contributed by atoms with E-state index in [2.05, 4.69) is 0 Å². The Bertz CT molecular complexity index is 724. The van der Waals surface area contributed by atoms with Gasteiger partial charge >= 0.3 is 0 Å². The van der Waals surface area contributed by atoms with Crippen molar-refractivity contribution in [3.8, 4) is 5.75 Å². The zero-order valence-electron chi connectivity index (χ0n) is 13.9. The molecule has 0 aromatic heterocycles. The Labute approximate surface area is 143 Å². The topological polar surface area (TPSA) is 77.9 Å². The molecular weight excluding hydrogens is 328 g/mol. The van der Waals surface area contributed by atoms with Gasteiger partial charge in [0.1, 0.15) is 5.75 Å². The van der Waals surface area contributed by atoms with Crippen molar-refractivity contribution in [2.75, 3.05) is 25.4 Å². The van der Waals surface area contributed by atoms with Gasteiger partial charge in [0.05, 0.1) is 5.75 Å². The first-order valence-corrected chi connectivity index (χ1v) is 10.1. The third-order valence-electron chi connectivity index (χ3n) is 5.08. The van der Waals surface area contributed by atoms with Crippen molar-refractivity contribution < 1.29 is 18.3 Å². The van der Waals surface area contributed by atoms with Crippen molar-refractivity contribution in [3.05, 3.63) is 29.3 Å². The summed E-state index contributed by atoms with van der Waals surface area (Å²) < 4.78 is 25.3. The molecule has 0 unspecified atom stereocenters. The van der Waals surface area contributed by atoms with Crippen molar-refractivity contribution in [1.82, 2.24) is 9.21 Å². The summed E-state index contributed by atoms with van der Waals surface area (Å²) in [4.78, 5) is 14.6. The molecule has 2 aliphatic rings. The Hall–Kier alpha value is -1.60. The molecule has 1 aromatic carbocycles. The minimum absolute atomic E-state index is 0.104. The fourth-order valence-electron chi connectivity index (χ4n) is 3.55. The molecule has 1 amide bonds. The molecule has 24 heavy (non-hydrogen) atoms. The smallest absolute Gasteiger partial charge is 0.226 e. The maximum Gasteiger partial charge on any atom is 0.226 e. The highest BCUT2D eigenvalue weighted by Crippen LogP contribution is 2.27. The van der Waals surface area contributed by atoms with Gasteiger partial charge in [0, 0.05) is 32.1 Å². The van der Waals surface area contributed by atoms with Gasteiger partial charge in [-0.3, -0.25) is 4.79 Å². The molecule has 0 radical (unpaired) electrons. The molecule has 2 aliphatic heterocycles. The Morgan fingerprint density at radius 1 is 1.21 bits per heavy atom. The SMILES string of the molecule is CCS(=O)(=O)N1CCC(C(=O)N2CCc3ccc(O)cc3C2)CC1. The van der Waals surface area contributed by atoms with Gasteiger partial charge in [-0.25, -0.2) is 12.7 Å². The number of benzene rings is 1. The first-order valence-electron chi connectivity index (χ1n) is 8.48. The third kappa shape index (κ3) is 3.42. The predicted octanol–water partition coefficient (Wildman–Crippen LogP) is 1.34. The second-order valence-corrected chi connectivity index (χ2v) is 8.79. The molecule has 1 aromatic rings. The lowest BCUT2D eigenvalue weighted by Crippen LogP contribution is -2.45. The predicted molar refractivity (Wildman–Crippen MR) is 91.0 cm³/mol. The molecule has 7 heteroatoms. The minimum atomic E-state index is -3.16. The molecule has 3 rings (SSSR count). The number of hydrogen-bond acceptors (Lipinski definition) is 4. The van der Waals surface area contributed by atoms with Crippen molar-refractivity contribution in [1.29, 1.82) is 0 Å². The van der Waals surface area contributed by atoms with E-state index in [1.165, 1.54) is 9.87 Å². The monoisotopic (exact) mass is 352 g/mol. The van der Waals surface area contributed by atoms with Gasteiger partial charge in [0.15, 0.2) is 0 Å². The number of phenolic OH excluding ortho intramolecular Hbond substituents is 1. The van der Waals surface area contributed by atoms with Gasteiger partial charge in [-0.05, 0) is 49.4 Å². The van der Waals surface area contributed by atoms with Crippen molar-refractivity contribution >= 4 is 15.9 Å². The molecule has 0 saturated carbocycles. The third-order valence-corrected chi connectivity index (χ3v) is 6.96. The summed E-state index contributed by atoms with van der Waals surface area (Å²) in [5, 5.41) is 9.62. The standard InChI is InChI=1S/C17H24N2O4S/c1-2-24(22,23)19-9-6-14(7-10-19)17(21)18-8-5-13-3-4-16(20)11-15(13)12-18/h3-4,11,14,20H,2,5-10,12H2,1H3. The van der Waals surface area contributed by atoms with Crippen LogP contribution in [0.25, 0.3) is 0 Å². The van der Waals surface area contributed by atoms with Gasteiger partial charge < -0.3 is 10.0 Å². The number of aromatic hydroxyl groups is 1. The molecule has 0 atom stereocenters. The molecule has 2 heterocycles.